The predicted molar refractivity (Wildman–Crippen MR) is 108 cm³/mol. The number of aromatic hydroxyl groups is 1. The number of carbonyl (C=O) groups excluding carboxylic acids is 2. The SMILES string of the molecule is O=C(Nc1ccc(CC(=O)N2CCSCC2)cc1)c1cc(Br)ccc1O. The third kappa shape index (κ3) is 4.80. The Kier molecular flexibility index (Phi) is 6.21. The molecule has 3 rings (SSSR count). The van der Waals surface area contributed by atoms with Crippen molar-refractivity contribution >= 4 is 45.2 Å². The second-order valence-electron chi connectivity index (χ2n) is 5.98. The van der Waals surface area contributed by atoms with Crippen LogP contribution >= 0.6 is 27.7 Å². The summed E-state index contributed by atoms with van der Waals surface area (Å²) in [6, 6.07) is 11.9. The molecule has 0 aliphatic carbocycles. The highest BCUT2D eigenvalue weighted by molar-refractivity contribution is 9.10. The summed E-state index contributed by atoms with van der Waals surface area (Å²) in [5.41, 5.74) is 1.72. The summed E-state index contributed by atoms with van der Waals surface area (Å²) in [4.78, 5) is 26.5. The van der Waals surface area contributed by atoms with Crippen LogP contribution in [-0.2, 0) is 11.2 Å². The van der Waals surface area contributed by atoms with Crippen molar-refractivity contribution in [2.75, 3.05) is 29.9 Å². The Balaban J connectivity index is 1.61. The summed E-state index contributed by atoms with van der Waals surface area (Å²) in [5.74, 6) is 1.67. The van der Waals surface area contributed by atoms with Gasteiger partial charge in [0.1, 0.15) is 5.75 Å². The van der Waals surface area contributed by atoms with Gasteiger partial charge in [0, 0.05) is 34.8 Å². The van der Waals surface area contributed by atoms with E-state index in [-0.39, 0.29) is 17.2 Å². The fraction of sp³-hybridized carbons (Fsp3) is 0.263. The van der Waals surface area contributed by atoms with Crippen molar-refractivity contribution < 1.29 is 14.7 Å². The fourth-order valence-electron chi connectivity index (χ4n) is 2.69. The average molecular weight is 435 g/mol. The number of nitrogens with one attached hydrogen (secondary N) is 1. The molecular weight excluding hydrogens is 416 g/mol. The molecule has 0 atom stereocenters. The Labute approximate surface area is 164 Å². The Hall–Kier alpha value is -1.99. The monoisotopic (exact) mass is 434 g/mol. The minimum atomic E-state index is -0.390. The van der Waals surface area contributed by atoms with E-state index in [4.69, 9.17) is 0 Å². The summed E-state index contributed by atoms with van der Waals surface area (Å²) in [6.07, 6.45) is 0.366. The van der Waals surface area contributed by atoms with Crippen LogP contribution in [0.15, 0.2) is 46.9 Å². The lowest BCUT2D eigenvalue weighted by molar-refractivity contribution is -0.130. The first kappa shape index (κ1) is 18.8. The topological polar surface area (TPSA) is 69.6 Å². The lowest BCUT2D eigenvalue weighted by Gasteiger charge is -2.26. The Morgan fingerprint density at radius 2 is 1.81 bits per heavy atom. The fourth-order valence-corrected chi connectivity index (χ4v) is 3.96. The van der Waals surface area contributed by atoms with Crippen LogP contribution in [0.1, 0.15) is 15.9 Å². The summed E-state index contributed by atoms with van der Waals surface area (Å²) in [5, 5.41) is 12.6. The van der Waals surface area contributed by atoms with E-state index in [2.05, 4.69) is 21.2 Å². The van der Waals surface area contributed by atoms with Crippen LogP contribution in [0, 0.1) is 0 Å². The van der Waals surface area contributed by atoms with Crippen LogP contribution in [0.5, 0.6) is 5.75 Å². The third-order valence-corrected chi connectivity index (χ3v) is 5.57. The van der Waals surface area contributed by atoms with Crippen molar-refractivity contribution in [3.8, 4) is 5.75 Å². The summed E-state index contributed by atoms with van der Waals surface area (Å²) in [6.45, 7) is 1.63. The van der Waals surface area contributed by atoms with Crippen molar-refractivity contribution in [3.05, 3.63) is 58.1 Å². The largest absolute Gasteiger partial charge is 0.507 e. The maximum atomic E-state index is 12.3. The van der Waals surface area contributed by atoms with E-state index in [0.717, 1.165) is 30.2 Å². The van der Waals surface area contributed by atoms with Crippen LogP contribution in [0.25, 0.3) is 0 Å². The number of amides is 2. The molecule has 0 aromatic heterocycles. The van der Waals surface area contributed by atoms with Crippen LogP contribution in [0.3, 0.4) is 0 Å². The number of carbonyl (C=O) groups is 2. The molecule has 2 N–H and O–H groups in total. The van der Waals surface area contributed by atoms with Gasteiger partial charge in [0.2, 0.25) is 5.91 Å². The molecule has 1 aliphatic rings. The minimum absolute atomic E-state index is 0.0763. The molecule has 0 saturated carbocycles. The van der Waals surface area contributed by atoms with Gasteiger partial charge in [-0.1, -0.05) is 28.1 Å². The number of thioether (sulfide) groups is 1. The van der Waals surface area contributed by atoms with Crippen LogP contribution in [0.4, 0.5) is 5.69 Å². The second-order valence-corrected chi connectivity index (χ2v) is 8.12. The molecule has 1 saturated heterocycles. The van der Waals surface area contributed by atoms with Crippen molar-refractivity contribution in [1.82, 2.24) is 4.90 Å². The zero-order chi connectivity index (χ0) is 18.5. The third-order valence-electron chi connectivity index (χ3n) is 4.13. The van der Waals surface area contributed by atoms with E-state index < -0.39 is 5.91 Å². The molecule has 5 nitrogen and oxygen atoms in total. The molecule has 0 bridgehead atoms. The number of halogens is 1. The van der Waals surface area contributed by atoms with Gasteiger partial charge in [-0.25, -0.2) is 0 Å². The van der Waals surface area contributed by atoms with Crippen molar-refractivity contribution in [3.63, 3.8) is 0 Å². The number of hydrogen-bond donors (Lipinski definition) is 2. The van der Waals surface area contributed by atoms with Gasteiger partial charge in [0.25, 0.3) is 5.91 Å². The van der Waals surface area contributed by atoms with Gasteiger partial charge >= 0.3 is 0 Å². The van der Waals surface area contributed by atoms with E-state index in [1.165, 1.54) is 6.07 Å². The molecule has 7 heteroatoms. The molecule has 26 heavy (non-hydrogen) atoms. The maximum absolute atomic E-state index is 12.3. The Morgan fingerprint density at radius 3 is 2.50 bits per heavy atom. The van der Waals surface area contributed by atoms with E-state index in [1.54, 1.807) is 24.3 Å². The van der Waals surface area contributed by atoms with Crippen molar-refractivity contribution in [1.29, 1.82) is 0 Å². The first-order valence-electron chi connectivity index (χ1n) is 8.27. The highest BCUT2D eigenvalue weighted by Crippen LogP contribution is 2.23. The number of anilines is 1. The van der Waals surface area contributed by atoms with Gasteiger partial charge in [-0.15, -0.1) is 0 Å². The predicted octanol–water partition coefficient (Wildman–Crippen LogP) is 3.52. The quantitative estimate of drug-likeness (QED) is 0.771. The number of nitrogens with zero attached hydrogens (tertiary/aromatic N) is 1. The summed E-state index contributed by atoms with van der Waals surface area (Å²) < 4.78 is 0.713. The molecule has 1 aliphatic heterocycles. The number of phenols is 1. The van der Waals surface area contributed by atoms with Gasteiger partial charge in [0.15, 0.2) is 0 Å². The molecule has 136 valence electrons. The molecule has 2 aromatic rings. The molecule has 2 amide bonds. The standard InChI is InChI=1S/C19H19BrN2O3S/c20-14-3-6-17(23)16(12-14)19(25)21-15-4-1-13(2-5-15)11-18(24)22-7-9-26-10-8-22/h1-6,12,23H,7-11H2,(H,21,25). The lowest BCUT2D eigenvalue weighted by atomic mass is 10.1. The van der Waals surface area contributed by atoms with E-state index in [1.807, 2.05) is 28.8 Å². The molecule has 1 fully saturated rings. The second kappa shape index (κ2) is 8.60. The van der Waals surface area contributed by atoms with Gasteiger partial charge in [-0.3, -0.25) is 9.59 Å². The highest BCUT2D eigenvalue weighted by Gasteiger charge is 2.17. The van der Waals surface area contributed by atoms with Gasteiger partial charge in [-0.05, 0) is 35.9 Å². The molecule has 0 spiro atoms. The number of benzene rings is 2. The highest BCUT2D eigenvalue weighted by atomic mass is 79.9. The molecule has 1 heterocycles. The number of phenolic OH excluding ortho intramolecular Hbond substituents is 1. The molecular formula is C19H19BrN2O3S. The zero-order valence-electron chi connectivity index (χ0n) is 14.1. The van der Waals surface area contributed by atoms with Crippen molar-refractivity contribution in [2.24, 2.45) is 0 Å². The molecule has 0 unspecified atom stereocenters. The van der Waals surface area contributed by atoms with Crippen LogP contribution in [-0.4, -0.2) is 46.4 Å². The van der Waals surface area contributed by atoms with Gasteiger partial charge < -0.3 is 15.3 Å². The van der Waals surface area contributed by atoms with E-state index in [9.17, 15) is 14.7 Å². The lowest BCUT2D eigenvalue weighted by Crippen LogP contribution is -2.38. The number of hydrogen-bond acceptors (Lipinski definition) is 4. The summed E-state index contributed by atoms with van der Waals surface area (Å²) >= 11 is 5.16. The van der Waals surface area contributed by atoms with E-state index >= 15 is 0 Å². The normalized spacial score (nSPS) is 14.1. The van der Waals surface area contributed by atoms with Gasteiger partial charge in [-0.2, -0.15) is 11.8 Å². The molecule has 2 aromatic carbocycles. The first-order valence-corrected chi connectivity index (χ1v) is 10.2. The Bertz CT molecular complexity index is 805. The average Bonchev–Trinajstić information content (AvgIpc) is 2.66. The first-order chi connectivity index (χ1) is 12.5. The smallest absolute Gasteiger partial charge is 0.259 e. The minimum Gasteiger partial charge on any atom is -0.507 e. The van der Waals surface area contributed by atoms with Crippen molar-refractivity contribution in [2.45, 2.75) is 6.42 Å². The maximum Gasteiger partial charge on any atom is 0.259 e. The van der Waals surface area contributed by atoms with E-state index in [0.29, 0.717) is 16.6 Å². The van der Waals surface area contributed by atoms with Crippen LogP contribution < -0.4 is 5.32 Å². The van der Waals surface area contributed by atoms with Gasteiger partial charge in [0.05, 0.1) is 12.0 Å². The van der Waals surface area contributed by atoms with Crippen LogP contribution in [0.2, 0.25) is 0 Å². The molecule has 0 radical (unpaired) electrons. The summed E-state index contributed by atoms with van der Waals surface area (Å²) in [7, 11) is 0. The zero-order valence-corrected chi connectivity index (χ0v) is 16.5. The number of rotatable bonds is 4. The Morgan fingerprint density at radius 1 is 1.12 bits per heavy atom.